The molecule has 1 heterocycles. The molecule has 31 heavy (non-hydrogen) atoms. The van der Waals surface area contributed by atoms with Gasteiger partial charge in [-0.1, -0.05) is 24.3 Å². The van der Waals surface area contributed by atoms with Crippen molar-refractivity contribution in [1.29, 1.82) is 0 Å². The van der Waals surface area contributed by atoms with Crippen LogP contribution in [0.4, 0.5) is 13.2 Å². The second-order valence-corrected chi connectivity index (χ2v) is 6.76. The van der Waals surface area contributed by atoms with Crippen molar-refractivity contribution in [1.82, 2.24) is 14.9 Å². The van der Waals surface area contributed by atoms with Crippen LogP contribution in [0.5, 0.6) is 5.75 Å². The molecule has 0 aliphatic heterocycles. The van der Waals surface area contributed by atoms with Crippen molar-refractivity contribution in [2.45, 2.75) is 19.1 Å². The van der Waals surface area contributed by atoms with E-state index in [-0.39, 0.29) is 18.1 Å². The Kier molecular flexibility index (Phi) is 6.74. The number of ether oxygens (including phenoxy) is 1. The standard InChI is InChI=1S/C22H20F3N3O3/c1-31-18-8-2-15(3-9-18)10-11-26-20(29)13-28-14-27-19(12-21(28)30)16-4-6-17(7-5-16)22(23,24)25/h2-9,12,14H,10-11,13H2,1H3,(H,26,29). The van der Waals surface area contributed by atoms with Gasteiger partial charge in [-0.25, -0.2) is 4.98 Å². The van der Waals surface area contributed by atoms with Gasteiger partial charge in [0.25, 0.3) is 5.56 Å². The maximum atomic E-state index is 12.7. The maximum absolute atomic E-state index is 12.7. The van der Waals surface area contributed by atoms with Crippen molar-refractivity contribution >= 4 is 5.91 Å². The zero-order valence-electron chi connectivity index (χ0n) is 16.6. The number of halogens is 3. The maximum Gasteiger partial charge on any atom is 0.416 e. The minimum absolute atomic E-state index is 0.207. The molecule has 0 unspecified atom stereocenters. The van der Waals surface area contributed by atoms with E-state index in [1.54, 1.807) is 7.11 Å². The molecule has 6 nitrogen and oxygen atoms in total. The van der Waals surface area contributed by atoms with Crippen LogP contribution in [0.2, 0.25) is 0 Å². The largest absolute Gasteiger partial charge is 0.497 e. The van der Waals surface area contributed by atoms with Gasteiger partial charge in [-0.05, 0) is 36.2 Å². The monoisotopic (exact) mass is 431 g/mol. The van der Waals surface area contributed by atoms with E-state index in [1.807, 2.05) is 24.3 Å². The van der Waals surface area contributed by atoms with Crippen molar-refractivity contribution < 1.29 is 22.7 Å². The summed E-state index contributed by atoms with van der Waals surface area (Å²) in [5.74, 6) is 0.402. The van der Waals surface area contributed by atoms with E-state index in [0.717, 1.165) is 28.0 Å². The number of nitrogens with one attached hydrogen (secondary N) is 1. The number of nitrogens with zero attached hydrogens (tertiary/aromatic N) is 2. The van der Waals surface area contributed by atoms with E-state index in [2.05, 4.69) is 10.3 Å². The van der Waals surface area contributed by atoms with Gasteiger partial charge in [0, 0.05) is 18.2 Å². The molecule has 0 saturated carbocycles. The first-order valence-electron chi connectivity index (χ1n) is 9.40. The Labute approximate surface area is 176 Å². The molecular formula is C22H20F3N3O3. The van der Waals surface area contributed by atoms with Crippen LogP contribution >= 0.6 is 0 Å². The average Bonchev–Trinajstić information content (AvgIpc) is 2.75. The lowest BCUT2D eigenvalue weighted by Crippen LogP contribution is -2.33. The molecule has 0 spiro atoms. The summed E-state index contributed by atoms with van der Waals surface area (Å²) in [7, 11) is 1.59. The van der Waals surface area contributed by atoms with E-state index >= 15 is 0 Å². The van der Waals surface area contributed by atoms with Crippen LogP contribution in [-0.2, 0) is 23.9 Å². The number of methoxy groups -OCH3 is 1. The first kappa shape index (κ1) is 22.1. The summed E-state index contributed by atoms with van der Waals surface area (Å²) in [6.07, 6.45) is -2.61. The number of aromatic nitrogens is 2. The first-order chi connectivity index (χ1) is 14.8. The Morgan fingerprint density at radius 2 is 1.77 bits per heavy atom. The number of amides is 1. The summed E-state index contributed by atoms with van der Waals surface area (Å²) < 4.78 is 44.2. The Bertz CT molecular complexity index is 1090. The van der Waals surface area contributed by atoms with Crippen LogP contribution in [0.3, 0.4) is 0 Å². The number of hydrogen-bond acceptors (Lipinski definition) is 4. The van der Waals surface area contributed by atoms with Gasteiger partial charge in [0.2, 0.25) is 5.91 Å². The summed E-state index contributed by atoms with van der Waals surface area (Å²) in [5, 5.41) is 2.74. The lowest BCUT2D eigenvalue weighted by atomic mass is 10.1. The van der Waals surface area contributed by atoms with Gasteiger partial charge in [-0.15, -0.1) is 0 Å². The lowest BCUT2D eigenvalue weighted by Gasteiger charge is -2.09. The fourth-order valence-electron chi connectivity index (χ4n) is 2.88. The minimum atomic E-state index is -4.43. The van der Waals surface area contributed by atoms with E-state index in [0.29, 0.717) is 18.5 Å². The van der Waals surface area contributed by atoms with Crippen LogP contribution < -0.4 is 15.6 Å². The molecule has 1 aromatic heterocycles. The highest BCUT2D eigenvalue weighted by atomic mass is 19.4. The third kappa shape index (κ3) is 5.94. The third-order valence-electron chi connectivity index (χ3n) is 4.60. The second-order valence-electron chi connectivity index (χ2n) is 6.76. The van der Waals surface area contributed by atoms with Crippen molar-refractivity contribution in [3.8, 4) is 17.0 Å². The van der Waals surface area contributed by atoms with Crippen LogP contribution in [-0.4, -0.2) is 29.1 Å². The quantitative estimate of drug-likeness (QED) is 0.623. The fourth-order valence-corrected chi connectivity index (χ4v) is 2.88. The van der Waals surface area contributed by atoms with Crippen molar-refractivity contribution in [2.24, 2.45) is 0 Å². The molecule has 0 bridgehead atoms. The summed E-state index contributed by atoms with van der Waals surface area (Å²) in [4.78, 5) is 28.5. The van der Waals surface area contributed by atoms with Crippen LogP contribution in [0.1, 0.15) is 11.1 Å². The summed E-state index contributed by atoms with van der Waals surface area (Å²) >= 11 is 0. The van der Waals surface area contributed by atoms with Crippen LogP contribution in [0.15, 0.2) is 65.7 Å². The summed E-state index contributed by atoms with van der Waals surface area (Å²) in [6.45, 7) is 0.193. The molecule has 0 aliphatic rings. The first-order valence-corrected chi connectivity index (χ1v) is 9.40. The molecule has 0 saturated heterocycles. The van der Waals surface area contributed by atoms with E-state index < -0.39 is 17.3 Å². The zero-order chi connectivity index (χ0) is 22.4. The fraction of sp³-hybridized carbons (Fsp3) is 0.227. The Balaban J connectivity index is 1.57. The van der Waals surface area contributed by atoms with Gasteiger partial charge in [0.1, 0.15) is 12.3 Å². The van der Waals surface area contributed by atoms with Crippen molar-refractivity contribution in [3.63, 3.8) is 0 Å². The molecule has 3 rings (SSSR count). The smallest absolute Gasteiger partial charge is 0.416 e. The molecular weight excluding hydrogens is 411 g/mol. The van der Waals surface area contributed by atoms with Gasteiger partial charge in [0.05, 0.1) is 24.7 Å². The molecule has 162 valence electrons. The highest BCUT2D eigenvalue weighted by molar-refractivity contribution is 5.75. The number of carbonyl (C=O) groups excluding carboxylic acids is 1. The Morgan fingerprint density at radius 1 is 1.10 bits per heavy atom. The van der Waals surface area contributed by atoms with E-state index in [1.165, 1.54) is 24.5 Å². The number of benzene rings is 2. The Morgan fingerprint density at radius 3 is 2.35 bits per heavy atom. The summed E-state index contributed by atoms with van der Waals surface area (Å²) in [5.41, 5.74) is 0.378. The van der Waals surface area contributed by atoms with Crippen molar-refractivity contribution in [2.75, 3.05) is 13.7 Å². The van der Waals surface area contributed by atoms with Crippen LogP contribution in [0.25, 0.3) is 11.3 Å². The highest BCUT2D eigenvalue weighted by Crippen LogP contribution is 2.30. The molecule has 0 radical (unpaired) electrons. The highest BCUT2D eigenvalue weighted by Gasteiger charge is 2.30. The summed E-state index contributed by atoms with van der Waals surface area (Å²) in [6, 6.07) is 13.0. The van der Waals surface area contributed by atoms with Gasteiger partial charge in [-0.2, -0.15) is 13.2 Å². The molecule has 0 fully saturated rings. The molecule has 3 aromatic rings. The lowest BCUT2D eigenvalue weighted by molar-refractivity contribution is -0.137. The molecule has 9 heteroatoms. The molecule has 1 N–H and O–H groups in total. The van der Waals surface area contributed by atoms with Gasteiger partial charge in [0.15, 0.2) is 0 Å². The van der Waals surface area contributed by atoms with Gasteiger partial charge >= 0.3 is 6.18 Å². The van der Waals surface area contributed by atoms with E-state index in [4.69, 9.17) is 4.74 Å². The van der Waals surface area contributed by atoms with Crippen LogP contribution in [0, 0.1) is 0 Å². The second kappa shape index (κ2) is 9.46. The molecule has 0 atom stereocenters. The number of hydrogen-bond donors (Lipinski definition) is 1. The molecule has 2 aromatic carbocycles. The topological polar surface area (TPSA) is 73.2 Å². The molecule has 1 amide bonds. The number of rotatable bonds is 7. The average molecular weight is 431 g/mol. The Hall–Kier alpha value is -3.62. The predicted molar refractivity (Wildman–Crippen MR) is 109 cm³/mol. The molecule has 0 aliphatic carbocycles. The zero-order valence-corrected chi connectivity index (χ0v) is 16.6. The van der Waals surface area contributed by atoms with Crippen molar-refractivity contribution in [3.05, 3.63) is 82.4 Å². The normalized spacial score (nSPS) is 11.2. The van der Waals surface area contributed by atoms with Gasteiger partial charge in [-0.3, -0.25) is 14.2 Å². The third-order valence-corrected chi connectivity index (χ3v) is 4.60. The predicted octanol–water partition coefficient (Wildman–Crippen LogP) is 3.30. The number of carbonyl (C=O) groups is 1. The number of alkyl halides is 3. The van der Waals surface area contributed by atoms with E-state index in [9.17, 15) is 22.8 Å². The SMILES string of the molecule is COc1ccc(CCNC(=O)Cn2cnc(-c3ccc(C(F)(F)F)cc3)cc2=O)cc1. The minimum Gasteiger partial charge on any atom is -0.497 e. The van der Waals surface area contributed by atoms with Gasteiger partial charge < -0.3 is 10.1 Å².